The van der Waals surface area contributed by atoms with Gasteiger partial charge >= 0.3 is 0 Å². The van der Waals surface area contributed by atoms with Gasteiger partial charge in [-0.15, -0.1) is 0 Å². The third-order valence-electron chi connectivity index (χ3n) is 4.45. The standard InChI is InChI=1S/C13H12N2O2.C8H13NO/c14-7-11-12(15)5-9(6-13(11)17)8-1-3-10(16)4-2-8;1-3-8(10)9-5-4-7(2)6-9/h1-7,14,16-17H,15H2;3,7H,1,4-6H2,2H3. The molecule has 2 aromatic carbocycles. The van der Waals surface area contributed by atoms with Crippen LogP contribution < -0.4 is 5.73 Å². The highest BCUT2D eigenvalue weighted by atomic mass is 16.3. The lowest BCUT2D eigenvalue weighted by atomic mass is 10.0. The maximum absolute atomic E-state index is 11.0. The van der Waals surface area contributed by atoms with E-state index in [-0.39, 0.29) is 17.4 Å². The minimum Gasteiger partial charge on any atom is -0.508 e. The van der Waals surface area contributed by atoms with Crippen molar-refractivity contribution in [2.45, 2.75) is 13.3 Å². The molecule has 0 aliphatic carbocycles. The van der Waals surface area contributed by atoms with E-state index < -0.39 is 0 Å². The van der Waals surface area contributed by atoms with Crippen molar-refractivity contribution in [3.8, 4) is 22.6 Å². The van der Waals surface area contributed by atoms with Crippen LogP contribution in [0, 0.1) is 11.3 Å². The normalized spacial score (nSPS) is 15.6. The molecular formula is C21H25N3O3. The first kappa shape index (κ1) is 20.0. The third-order valence-corrected chi connectivity index (χ3v) is 4.45. The molecule has 5 N–H and O–H groups in total. The molecule has 1 aliphatic heterocycles. The molecule has 1 saturated heterocycles. The van der Waals surface area contributed by atoms with Crippen LogP contribution in [0.4, 0.5) is 5.69 Å². The monoisotopic (exact) mass is 367 g/mol. The van der Waals surface area contributed by atoms with Gasteiger partial charge in [0.2, 0.25) is 5.91 Å². The number of carbonyl (C=O) groups is 1. The molecule has 0 radical (unpaired) electrons. The summed E-state index contributed by atoms with van der Waals surface area (Å²) in [5, 5.41) is 26.0. The molecule has 0 spiro atoms. The fraction of sp³-hybridized carbons (Fsp3) is 0.238. The number of benzene rings is 2. The second kappa shape index (κ2) is 8.89. The van der Waals surface area contributed by atoms with Crippen LogP contribution in [-0.4, -0.2) is 40.3 Å². The molecular weight excluding hydrogens is 342 g/mol. The van der Waals surface area contributed by atoms with Crippen molar-refractivity contribution in [3.05, 3.63) is 54.6 Å². The highest BCUT2D eigenvalue weighted by molar-refractivity contribution is 5.91. The van der Waals surface area contributed by atoms with E-state index in [1.807, 2.05) is 4.90 Å². The Morgan fingerprint density at radius 3 is 2.41 bits per heavy atom. The number of phenols is 2. The predicted molar refractivity (Wildman–Crippen MR) is 108 cm³/mol. The number of phenolic OH excluding ortho intramolecular Hbond substituents is 2. The summed E-state index contributed by atoms with van der Waals surface area (Å²) in [6.07, 6.45) is 3.54. The summed E-state index contributed by atoms with van der Waals surface area (Å²) < 4.78 is 0. The Kier molecular flexibility index (Phi) is 6.60. The van der Waals surface area contributed by atoms with Crippen molar-refractivity contribution in [2.24, 2.45) is 5.92 Å². The number of aromatic hydroxyl groups is 2. The van der Waals surface area contributed by atoms with E-state index in [9.17, 15) is 15.0 Å². The van der Waals surface area contributed by atoms with Gasteiger partial charge in [-0.3, -0.25) is 4.79 Å². The average molecular weight is 367 g/mol. The number of nitrogen functional groups attached to an aromatic ring is 1. The first-order valence-corrected chi connectivity index (χ1v) is 8.69. The molecule has 1 amide bonds. The van der Waals surface area contributed by atoms with Crippen molar-refractivity contribution in [3.63, 3.8) is 0 Å². The Morgan fingerprint density at radius 1 is 1.26 bits per heavy atom. The predicted octanol–water partition coefficient (Wildman–Crippen LogP) is 3.39. The first-order valence-electron chi connectivity index (χ1n) is 8.69. The van der Waals surface area contributed by atoms with Gasteiger partial charge in [0.05, 0.1) is 5.56 Å². The second-order valence-corrected chi connectivity index (χ2v) is 6.57. The van der Waals surface area contributed by atoms with Crippen LogP contribution >= 0.6 is 0 Å². The molecule has 0 aromatic heterocycles. The van der Waals surface area contributed by atoms with Gasteiger partial charge in [-0.2, -0.15) is 0 Å². The zero-order chi connectivity index (χ0) is 20.0. The summed E-state index contributed by atoms with van der Waals surface area (Å²) in [5.74, 6) is 0.901. The maximum atomic E-state index is 11.0. The van der Waals surface area contributed by atoms with E-state index in [0.29, 0.717) is 17.2 Å². The van der Waals surface area contributed by atoms with Crippen LogP contribution in [0.5, 0.6) is 11.5 Å². The van der Waals surface area contributed by atoms with Crippen molar-refractivity contribution in [1.29, 1.82) is 5.41 Å². The Labute approximate surface area is 159 Å². The van der Waals surface area contributed by atoms with Gasteiger partial charge in [-0.25, -0.2) is 0 Å². The van der Waals surface area contributed by atoms with E-state index in [2.05, 4.69) is 13.5 Å². The highest BCUT2D eigenvalue weighted by Gasteiger charge is 2.20. The van der Waals surface area contributed by atoms with Crippen LogP contribution in [0.25, 0.3) is 11.1 Å². The van der Waals surface area contributed by atoms with Gasteiger partial charge in [-0.05, 0) is 53.8 Å². The van der Waals surface area contributed by atoms with Crippen molar-refractivity contribution < 1.29 is 15.0 Å². The van der Waals surface area contributed by atoms with Gasteiger partial charge in [0, 0.05) is 25.0 Å². The fourth-order valence-electron chi connectivity index (χ4n) is 2.90. The molecule has 6 heteroatoms. The lowest BCUT2D eigenvalue weighted by molar-refractivity contribution is -0.125. The zero-order valence-corrected chi connectivity index (χ0v) is 15.4. The molecule has 3 rings (SSSR count). The van der Waals surface area contributed by atoms with Crippen molar-refractivity contribution >= 4 is 17.8 Å². The molecule has 27 heavy (non-hydrogen) atoms. The van der Waals surface area contributed by atoms with Crippen LogP contribution in [0.15, 0.2) is 49.1 Å². The van der Waals surface area contributed by atoms with Crippen LogP contribution in [0.1, 0.15) is 18.9 Å². The van der Waals surface area contributed by atoms with Crippen LogP contribution in [0.2, 0.25) is 0 Å². The van der Waals surface area contributed by atoms with Gasteiger partial charge in [0.25, 0.3) is 0 Å². The number of hydrogen-bond donors (Lipinski definition) is 4. The van der Waals surface area contributed by atoms with Gasteiger partial charge in [0.15, 0.2) is 0 Å². The number of rotatable bonds is 3. The summed E-state index contributed by atoms with van der Waals surface area (Å²) >= 11 is 0. The van der Waals surface area contributed by atoms with E-state index in [4.69, 9.17) is 11.1 Å². The third kappa shape index (κ3) is 5.10. The molecule has 1 heterocycles. The number of nitrogens with zero attached hydrogens (tertiary/aromatic N) is 1. The molecule has 0 saturated carbocycles. The molecule has 1 atom stereocenters. The number of nitrogens with one attached hydrogen (secondary N) is 1. The van der Waals surface area contributed by atoms with Crippen LogP contribution in [0.3, 0.4) is 0 Å². The summed E-state index contributed by atoms with van der Waals surface area (Å²) in [7, 11) is 0. The number of hydrogen-bond acceptors (Lipinski definition) is 5. The zero-order valence-electron chi connectivity index (χ0n) is 15.4. The van der Waals surface area contributed by atoms with E-state index in [1.165, 1.54) is 6.08 Å². The SMILES string of the molecule is C=CC(=O)N1CCC(C)C1.N=Cc1c(N)cc(-c2ccc(O)cc2)cc1O. The van der Waals surface area contributed by atoms with E-state index >= 15 is 0 Å². The minimum atomic E-state index is -0.0249. The highest BCUT2D eigenvalue weighted by Crippen LogP contribution is 2.30. The molecule has 142 valence electrons. The molecule has 2 aromatic rings. The van der Waals surface area contributed by atoms with Gasteiger partial charge < -0.3 is 26.3 Å². The number of anilines is 1. The van der Waals surface area contributed by atoms with Crippen molar-refractivity contribution in [2.75, 3.05) is 18.8 Å². The molecule has 0 bridgehead atoms. The quantitative estimate of drug-likeness (QED) is 0.378. The summed E-state index contributed by atoms with van der Waals surface area (Å²) in [6.45, 7) is 7.42. The minimum absolute atomic E-state index is 0.0249. The molecule has 1 aliphatic rings. The summed E-state index contributed by atoms with van der Waals surface area (Å²) in [5.41, 5.74) is 7.98. The van der Waals surface area contributed by atoms with E-state index in [0.717, 1.165) is 36.9 Å². The second-order valence-electron chi connectivity index (χ2n) is 6.57. The number of amides is 1. The van der Waals surface area contributed by atoms with Crippen molar-refractivity contribution in [1.82, 2.24) is 4.90 Å². The number of likely N-dealkylation sites (tertiary alicyclic amines) is 1. The Balaban J connectivity index is 0.000000223. The lowest BCUT2D eigenvalue weighted by Gasteiger charge is -2.11. The van der Waals surface area contributed by atoms with Crippen LogP contribution in [-0.2, 0) is 4.79 Å². The first-order chi connectivity index (χ1) is 12.8. The molecule has 1 unspecified atom stereocenters. The largest absolute Gasteiger partial charge is 0.508 e. The Bertz CT molecular complexity index is 808. The summed E-state index contributed by atoms with van der Waals surface area (Å²) in [4.78, 5) is 12.8. The lowest BCUT2D eigenvalue weighted by Crippen LogP contribution is -2.26. The smallest absolute Gasteiger partial charge is 0.245 e. The number of carbonyl (C=O) groups excluding carboxylic acids is 1. The molecule has 6 nitrogen and oxygen atoms in total. The fourth-order valence-corrected chi connectivity index (χ4v) is 2.90. The van der Waals surface area contributed by atoms with E-state index in [1.54, 1.807) is 36.4 Å². The van der Waals surface area contributed by atoms with Gasteiger partial charge in [-0.1, -0.05) is 25.6 Å². The Hall–Kier alpha value is -3.28. The maximum Gasteiger partial charge on any atom is 0.245 e. The number of nitrogens with two attached hydrogens (primary N) is 1. The average Bonchev–Trinajstić information content (AvgIpc) is 3.08. The summed E-state index contributed by atoms with van der Waals surface area (Å²) in [6, 6.07) is 9.82. The molecule has 1 fully saturated rings. The topological polar surface area (TPSA) is 111 Å². The Morgan fingerprint density at radius 2 is 1.93 bits per heavy atom. The van der Waals surface area contributed by atoms with Gasteiger partial charge in [0.1, 0.15) is 11.5 Å².